The van der Waals surface area contributed by atoms with E-state index in [4.69, 9.17) is 4.74 Å². The maximum atomic E-state index is 5.05. The third-order valence-corrected chi connectivity index (χ3v) is 2.63. The second-order valence-electron chi connectivity index (χ2n) is 4.55. The van der Waals surface area contributed by atoms with Crippen LogP contribution in [0.5, 0.6) is 0 Å². The first-order valence-electron chi connectivity index (χ1n) is 7.64. The maximum Gasteiger partial charge on any atom is 0.0474 e. The van der Waals surface area contributed by atoms with Gasteiger partial charge in [0.15, 0.2) is 0 Å². The van der Waals surface area contributed by atoms with E-state index in [9.17, 15) is 0 Å². The third-order valence-electron chi connectivity index (χ3n) is 2.63. The van der Waals surface area contributed by atoms with E-state index in [-0.39, 0.29) is 0 Å². The van der Waals surface area contributed by atoms with Crippen molar-refractivity contribution in [3.05, 3.63) is 0 Å². The Balaban J connectivity index is 0. The molecule has 1 fully saturated rings. The van der Waals surface area contributed by atoms with E-state index in [1.165, 1.54) is 52.0 Å². The third kappa shape index (κ3) is 13.9. The maximum absolute atomic E-state index is 5.05. The second kappa shape index (κ2) is 16.9. The molecule has 1 heterocycles. The van der Waals surface area contributed by atoms with Gasteiger partial charge >= 0.3 is 0 Å². The zero-order valence-electron chi connectivity index (χ0n) is 13.7. The van der Waals surface area contributed by atoms with Crippen LogP contribution in [0.2, 0.25) is 0 Å². The van der Waals surface area contributed by atoms with E-state index in [0.29, 0.717) is 0 Å². The molecule has 0 N–H and O–H groups in total. The summed E-state index contributed by atoms with van der Waals surface area (Å²) in [4.78, 5) is 4.96. The molecule has 3 heteroatoms. The van der Waals surface area contributed by atoms with Gasteiger partial charge in [0.2, 0.25) is 0 Å². The first-order valence-corrected chi connectivity index (χ1v) is 7.64. The van der Waals surface area contributed by atoms with Crippen LogP contribution in [0.1, 0.15) is 47.0 Å². The van der Waals surface area contributed by atoms with E-state index in [0.717, 1.165) is 6.61 Å². The van der Waals surface area contributed by atoms with Crippen molar-refractivity contribution in [2.24, 2.45) is 0 Å². The Morgan fingerprint density at radius 3 is 2.17 bits per heavy atom. The lowest BCUT2D eigenvalue weighted by Gasteiger charge is -2.19. The summed E-state index contributed by atoms with van der Waals surface area (Å²) in [6.07, 6.45) is 3.73. The molecule has 18 heavy (non-hydrogen) atoms. The average Bonchev–Trinajstić information content (AvgIpc) is 2.58. The number of nitrogens with zero attached hydrogens (tertiary/aromatic N) is 2. The molecule has 112 valence electrons. The summed E-state index contributed by atoms with van der Waals surface area (Å²) in [5.74, 6) is 0. The van der Waals surface area contributed by atoms with Gasteiger partial charge in [-0.15, -0.1) is 0 Å². The summed E-state index contributed by atoms with van der Waals surface area (Å²) in [7, 11) is 3.98. The highest BCUT2D eigenvalue weighted by Crippen LogP contribution is 2.01. The summed E-state index contributed by atoms with van der Waals surface area (Å²) >= 11 is 0. The Morgan fingerprint density at radius 2 is 1.61 bits per heavy atom. The highest BCUT2D eigenvalue weighted by Gasteiger charge is 2.10. The first-order chi connectivity index (χ1) is 8.74. The second-order valence-corrected chi connectivity index (χ2v) is 4.55. The van der Waals surface area contributed by atoms with E-state index < -0.39 is 0 Å². The lowest BCUT2D eigenvalue weighted by atomic mass is 10.3. The highest BCUT2D eigenvalue weighted by atomic mass is 16.5. The van der Waals surface area contributed by atoms with Gasteiger partial charge in [-0.3, -0.25) is 0 Å². The van der Waals surface area contributed by atoms with E-state index >= 15 is 0 Å². The molecule has 0 unspecified atom stereocenters. The molecule has 1 rings (SSSR count). The number of methoxy groups -OCH3 is 1. The van der Waals surface area contributed by atoms with Crippen LogP contribution in [0.15, 0.2) is 0 Å². The Morgan fingerprint density at radius 1 is 1.00 bits per heavy atom. The quantitative estimate of drug-likeness (QED) is 0.722. The molecular weight excluding hydrogens is 224 g/mol. The molecule has 0 bridgehead atoms. The van der Waals surface area contributed by atoms with Gasteiger partial charge in [-0.05, 0) is 33.0 Å². The van der Waals surface area contributed by atoms with Crippen molar-refractivity contribution in [3.63, 3.8) is 0 Å². The van der Waals surface area contributed by atoms with Crippen molar-refractivity contribution in [2.45, 2.75) is 47.0 Å². The van der Waals surface area contributed by atoms with Gasteiger partial charge in [0.25, 0.3) is 0 Å². The van der Waals surface area contributed by atoms with Crippen molar-refractivity contribution < 1.29 is 4.74 Å². The van der Waals surface area contributed by atoms with Gasteiger partial charge in [-0.2, -0.15) is 0 Å². The van der Waals surface area contributed by atoms with Crippen molar-refractivity contribution in [3.8, 4) is 0 Å². The Hall–Kier alpha value is -0.120. The summed E-state index contributed by atoms with van der Waals surface area (Å²) in [5, 5.41) is 0. The first kappa shape index (κ1) is 20.2. The number of likely N-dealkylation sites (N-methyl/N-ethyl adjacent to an activating group) is 1. The molecule has 0 saturated carbocycles. The lowest BCUT2D eigenvalue weighted by Crippen LogP contribution is -2.30. The van der Waals surface area contributed by atoms with Crippen LogP contribution in [-0.4, -0.2) is 63.3 Å². The van der Waals surface area contributed by atoms with Crippen LogP contribution in [0.4, 0.5) is 0 Å². The van der Waals surface area contributed by atoms with Crippen LogP contribution < -0.4 is 0 Å². The van der Waals surface area contributed by atoms with E-state index in [1.54, 1.807) is 7.11 Å². The fourth-order valence-corrected chi connectivity index (χ4v) is 1.76. The van der Waals surface area contributed by atoms with Crippen molar-refractivity contribution >= 4 is 0 Å². The largest absolute Gasteiger partial charge is 0.385 e. The van der Waals surface area contributed by atoms with E-state index in [2.05, 4.69) is 30.7 Å². The summed E-state index contributed by atoms with van der Waals surface area (Å²) in [6, 6.07) is 0. The topological polar surface area (TPSA) is 15.7 Å². The normalized spacial score (nSPS) is 17.0. The molecule has 0 atom stereocenters. The Labute approximate surface area is 115 Å². The lowest BCUT2D eigenvalue weighted by molar-refractivity contribution is 0.173. The molecule has 0 radical (unpaired) electrons. The molecule has 0 spiro atoms. The van der Waals surface area contributed by atoms with Gasteiger partial charge in [0, 0.05) is 33.4 Å². The number of hydrogen-bond donors (Lipinski definition) is 0. The summed E-state index contributed by atoms with van der Waals surface area (Å²) < 4.78 is 5.05. The standard InChI is InChI=1S/C10H22N2O.C3H8.C2H6/c1-11-5-3-6-12(9-8-11)7-4-10-13-2;1-3-2;1-2/h3-10H2,1-2H3;3H2,1-2H3;1-2H3. The SMILES string of the molecule is CC.CCC.COCCCN1CCCN(C)CC1. The van der Waals surface area contributed by atoms with Gasteiger partial charge in [0.05, 0.1) is 0 Å². The molecule has 0 aromatic rings. The predicted octanol–water partition coefficient (Wildman–Crippen LogP) is 3.10. The molecular formula is C15H36N2O. The molecule has 1 saturated heterocycles. The van der Waals surface area contributed by atoms with Crippen LogP contribution >= 0.6 is 0 Å². The molecule has 1 aliphatic rings. The number of hydrogen-bond acceptors (Lipinski definition) is 3. The fourth-order valence-electron chi connectivity index (χ4n) is 1.76. The van der Waals surface area contributed by atoms with Crippen molar-refractivity contribution in [2.75, 3.05) is 53.5 Å². The van der Waals surface area contributed by atoms with Crippen LogP contribution in [0.3, 0.4) is 0 Å². The highest BCUT2D eigenvalue weighted by molar-refractivity contribution is 4.66. The van der Waals surface area contributed by atoms with E-state index in [1.807, 2.05) is 13.8 Å². The minimum absolute atomic E-state index is 0.895. The molecule has 1 aliphatic heterocycles. The average molecular weight is 260 g/mol. The van der Waals surface area contributed by atoms with Gasteiger partial charge in [-0.25, -0.2) is 0 Å². The summed E-state index contributed by atoms with van der Waals surface area (Å²) in [6.45, 7) is 15.3. The molecule has 0 aromatic carbocycles. The minimum Gasteiger partial charge on any atom is -0.385 e. The summed E-state index contributed by atoms with van der Waals surface area (Å²) in [5.41, 5.74) is 0. The van der Waals surface area contributed by atoms with Gasteiger partial charge < -0.3 is 14.5 Å². The zero-order chi connectivity index (χ0) is 14.2. The zero-order valence-corrected chi connectivity index (χ0v) is 13.7. The van der Waals surface area contributed by atoms with Crippen molar-refractivity contribution in [1.82, 2.24) is 9.80 Å². The molecule has 0 aromatic heterocycles. The number of rotatable bonds is 4. The Kier molecular flexibility index (Phi) is 18.9. The smallest absolute Gasteiger partial charge is 0.0474 e. The van der Waals surface area contributed by atoms with Crippen LogP contribution in [0, 0.1) is 0 Å². The molecule has 0 amide bonds. The molecule has 3 nitrogen and oxygen atoms in total. The predicted molar refractivity (Wildman–Crippen MR) is 82.4 cm³/mol. The minimum atomic E-state index is 0.895. The van der Waals surface area contributed by atoms with Crippen LogP contribution in [0.25, 0.3) is 0 Å². The molecule has 0 aliphatic carbocycles. The van der Waals surface area contributed by atoms with Gasteiger partial charge in [0.1, 0.15) is 0 Å². The fraction of sp³-hybridized carbons (Fsp3) is 1.00. The van der Waals surface area contributed by atoms with Crippen molar-refractivity contribution in [1.29, 1.82) is 0 Å². The monoisotopic (exact) mass is 260 g/mol. The van der Waals surface area contributed by atoms with Crippen LogP contribution in [-0.2, 0) is 4.74 Å². The Bertz CT molecular complexity index is 142. The van der Waals surface area contributed by atoms with Gasteiger partial charge in [-0.1, -0.05) is 34.1 Å². The number of ether oxygens (including phenoxy) is 1.